The van der Waals surface area contributed by atoms with Crippen LogP contribution >= 0.6 is 0 Å². The predicted octanol–water partition coefficient (Wildman–Crippen LogP) is 3.50. The van der Waals surface area contributed by atoms with Gasteiger partial charge in [0.25, 0.3) is 6.17 Å². The first-order valence-electron chi connectivity index (χ1n) is 5.10. The molecule has 1 atom stereocenters. The van der Waals surface area contributed by atoms with E-state index in [0.717, 1.165) is 0 Å². The van der Waals surface area contributed by atoms with Crippen LogP contribution in [-0.2, 0) is 9.53 Å². The lowest BCUT2D eigenvalue weighted by atomic mass is 9.91. The van der Waals surface area contributed by atoms with Crippen molar-refractivity contribution in [1.82, 2.24) is 0 Å². The Bertz CT molecular complexity index is 297. The van der Waals surface area contributed by atoms with Gasteiger partial charge in [-0.05, 0) is 20.3 Å². The summed E-state index contributed by atoms with van der Waals surface area (Å²) in [6.07, 6.45) is -9.81. The van der Waals surface area contributed by atoms with Crippen molar-refractivity contribution in [1.29, 1.82) is 0 Å². The molecule has 0 fully saturated rings. The average molecular weight is 280 g/mol. The molecule has 0 aromatic heterocycles. The Morgan fingerprint density at radius 1 is 1.17 bits per heavy atom. The van der Waals surface area contributed by atoms with Gasteiger partial charge >= 0.3 is 18.1 Å². The SMILES string of the molecule is CCC(C)(C)C(=O)OCC(F)(F)C(F)C(F)(F)F. The molecule has 0 saturated heterocycles. The summed E-state index contributed by atoms with van der Waals surface area (Å²) in [5.74, 6) is -5.89. The predicted molar refractivity (Wildman–Crippen MR) is 50.9 cm³/mol. The first-order valence-corrected chi connectivity index (χ1v) is 5.10. The molecule has 0 amide bonds. The Morgan fingerprint density at radius 3 is 1.94 bits per heavy atom. The Kier molecular flexibility index (Phi) is 5.07. The van der Waals surface area contributed by atoms with Crippen LogP contribution in [-0.4, -0.2) is 30.8 Å². The maximum Gasteiger partial charge on any atom is 0.425 e. The summed E-state index contributed by atoms with van der Waals surface area (Å²) in [5, 5.41) is 0. The Hall–Kier alpha value is -0.950. The summed E-state index contributed by atoms with van der Waals surface area (Å²) < 4.78 is 77.4. The summed E-state index contributed by atoms with van der Waals surface area (Å²) in [7, 11) is 0. The number of esters is 1. The molecule has 8 heteroatoms. The normalized spacial score (nSPS) is 15.4. The number of halogens is 6. The number of hydrogen-bond donors (Lipinski definition) is 0. The topological polar surface area (TPSA) is 26.3 Å². The van der Waals surface area contributed by atoms with E-state index < -0.39 is 36.3 Å². The van der Waals surface area contributed by atoms with Crippen molar-refractivity contribution in [3.05, 3.63) is 0 Å². The van der Waals surface area contributed by atoms with Crippen LogP contribution in [0.1, 0.15) is 27.2 Å². The zero-order valence-corrected chi connectivity index (χ0v) is 10.1. The number of carbonyl (C=O) groups is 1. The van der Waals surface area contributed by atoms with Gasteiger partial charge in [0.2, 0.25) is 0 Å². The Balaban J connectivity index is 4.59. The van der Waals surface area contributed by atoms with Crippen molar-refractivity contribution in [3.63, 3.8) is 0 Å². The summed E-state index contributed by atoms with van der Waals surface area (Å²) in [6.45, 7) is 2.40. The average Bonchev–Trinajstić information content (AvgIpc) is 2.23. The lowest BCUT2D eigenvalue weighted by molar-refractivity contribution is -0.255. The number of hydrogen-bond acceptors (Lipinski definition) is 2. The van der Waals surface area contributed by atoms with Crippen LogP contribution in [0, 0.1) is 5.41 Å². The number of ether oxygens (including phenoxy) is 1. The second-order valence-electron chi connectivity index (χ2n) is 4.48. The van der Waals surface area contributed by atoms with E-state index in [-0.39, 0.29) is 6.42 Å². The van der Waals surface area contributed by atoms with E-state index in [4.69, 9.17) is 0 Å². The molecular formula is C10H14F6O2. The smallest absolute Gasteiger partial charge is 0.425 e. The molecule has 0 aliphatic rings. The van der Waals surface area contributed by atoms with Crippen LogP contribution in [0.5, 0.6) is 0 Å². The molecule has 0 spiro atoms. The van der Waals surface area contributed by atoms with Gasteiger partial charge in [0, 0.05) is 0 Å². The van der Waals surface area contributed by atoms with Gasteiger partial charge in [0.15, 0.2) is 6.61 Å². The van der Waals surface area contributed by atoms with Crippen molar-refractivity contribution in [3.8, 4) is 0 Å². The van der Waals surface area contributed by atoms with E-state index >= 15 is 0 Å². The fraction of sp³-hybridized carbons (Fsp3) is 0.900. The van der Waals surface area contributed by atoms with E-state index in [0.29, 0.717) is 0 Å². The molecule has 0 heterocycles. The van der Waals surface area contributed by atoms with Gasteiger partial charge in [0.1, 0.15) is 0 Å². The molecule has 0 aliphatic heterocycles. The first-order chi connectivity index (χ1) is 7.84. The quantitative estimate of drug-likeness (QED) is 0.569. The third-order valence-electron chi connectivity index (χ3n) is 2.49. The van der Waals surface area contributed by atoms with Crippen LogP contribution in [0.3, 0.4) is 0 Å². The van der Waals surface area contributed by atoms with Crippen molar-refractivity contribution < 1.29 is 35.9 Å². The monoisotopic (exact) mass is 280 g/mol. The second kappa shape index (κ2) is 5.36. The second-order valence-corrected chi connectivity index (χ2v) is 4.48. The van der Waals surface area contributed by atoms with Gasteiger partial charge in [-0.15, -0.1) is 0 Å². The van der Waals surface area contributed by atoms with E-state index in [1.807, 2.05) is 0 Å². The number of rotatable bonds is 5. The summed E-state index contributed by atoms with van der Waals surface area (Å²) in [4.78, 5) is 11.3. The molecule has 2 nitrogen and oxygen atoms in total. The molecule has 0 aliphatic carbocycles. The van der Waals surface area contributed by atoms with Crippen LogP contribution in [0.2, 0.25) is 0 Å². The third-order valence-corrected chi connectivity index (χ3v) is 2.49. The van der Waals surface area contributed by atoms with Crippen molar-refractivity contribution in [2.45, 2.75) is 45.5 Å². The van der Waals surface area contributed by atoms with Gasteiger partial charge in [-0.3, -0.25) is 4.79 Å². The van der Waals surface area contributed by atoms with Crippen LogP contribution in [0.15, 0.2) is 0 Å². The lowest BCUT2D eigenvalue weighted by Gasteiger charge is -2.25. The summed E-state index contributed by atoms with van der Waals surface area (Å²) in [5.41, 5.74) is -1.11. The van der Waals surface area contributed by atoms with Crippen molar-refractivity contribution >= 4 is 5.97 Å². The van der Waals surface area contributed by atoms with E-state index in [1.165, 1.54) is 13.8 Å². The largest absolute Gasteiger partial charge is 0.459 e. The van der Waals surface area contributed by atoms with Gasteiger partial charge in [-0.2, -0.15) is 22.0 Å². The fourth-order valence-electron chi connectivity index (χ4n) is 0.814. The Labute approximate surface area is 100 Å². The molecule has 18 heavy (non-hydrogen) atoms. The zero-order valence-electron chi connectivity index (χ0n) is 10.1. The Morgan fingerprint density at radius 2 is 1.61 bits per heavy atom. The minimum absolute atomic E-state index is 0.246. The zero-order chi connectivity index (χ0) is 14.8. The summed E-state index contributed by atoms with van der Waals surface area (Å²) in [6, 6.07) is 0. The lowest BCUT2D eigenvalue weighted by Crippen LogP contribution is -2.45. The highest BCUT2D eigenvalue weighted by atomic mass is 19.4. The molecule has 108 valence electrons. The van der Waals surface area contributed by atoms with E-state index in [9.17, 15) is 31.1 Å². The molecule has 0 radical (unpaired) electrons. The molecule has 0 aromatic rings. The first kappa shape index (κ1) is 17.1. The maximum atomic E-state index is 12.8. The van der Waals surface area contributed by atoms with Crippen LogP contribution < -0.4 is 0 Å². The van der Waals surface area contributed by atoms with Gasteiger partial charge in [0.05, 0.1) is 5.41 Å². The molecule has 0 saturated carbocycles. The molecule has 0 aromatic carbocycles. The summed E-state index contributed by atoms with van der Waals surface area (Å²) >= 11 is 0. The van der Waals surface area contributed by atoms with Crippen molar-refractivity contribution in [2.24, 2.45) is 5.41 Å². The van der Waals surface area contributed by atoms with E-state index in [1.54, 1.807) is 6.92 Å². The van der Waals surface area contributed by atoms with Crippen LogP contribution in [0.4, 0.5) is 26.3 Å². The highest BCUT2D eigenvalue weighted by Crippen LogP contribution is 2.35. The third kappa shape index (κ3) is 4.38. The maximum absolute atomic E-state index is 12.8. The van der Waals surface area contributed by atoms with Gasteiger partial charge in [-0.1, -0.05) is 6.92 Å². The number of alkyl halides is 6. The molecule has 0 rings (SSSR count). The minimum atomic E-state index is -5.70. The highest BCUT2D eigenvalue weighted by Gasteiger charge is 2.57. The standard InChI is InChI=1S/C10H14F6O2/c1-4-8(2,3)7(17)18-5-9(12,13)6(11)10(14,15)16/h6H,4-5H2,1-3H3. The highest BCUT2D eigenvalue weighted by molar-refractivity contribution is 5.75. The molecule has 0 N–H and O–H groups in total. The molecular weight excluding hydrogens is 266 g/mol. The molecule has 0 bridgehead atoms. The van der Waals surface area contributed by atoms with Gasteiger partial charge in [-0.25, -0.2) is 4.39 Å². The molecule has 1 unspecified atom stereocenters. The van der Waals surface area contributed by atoms with E-state index in [2.05, 4.69) is 4.74 Å². The van der Waals surface area contributed by atoms with Crippen molar-refractivity contribution in [2.75, 3.05) is 6.61 Å². The van der Waals surface area contributed by atoms with Crippen LogP contribution in [0.25, 0.3) is 0 Å². The minimum Gasteiger partial charge on any atom is -0.459 e. The van der Waals surface area contributed by atoms with Gasteiger partial charge < -0.3 is 4.74 Å². The number of carbonyl (C=O) groups excluding carboxylic acids is 1. The fourth-order valence-corrected chi connectivity index (χ4v) is 0.814.